The van der Waals surface area contributed by atoms with Crippen molar-refractivity contribution in [2.45, 2.75) is 26.1 Å². The first-order valence-electron chi connectivity index (χ1n) is 5.61. The molecular formula is C13H17NO3. The van der Waals surface area contributed by atoms with Crippen LogP contribution < -0.4 is 0 Å². The standard InChI is InChI=1S/C13H17NO3/c1-8(2)12-14-10-7-9(13(15-3)16-4)5-6-11(10)17-12/h5-8,13H,1-4H3. The van der Waals surface area contributed by atoms with Crippen LogP contribution >= 0.6 is 0 Å². The van der Waals surface area contributed by atoms with E-state index in [-0.39, 0.29) is 12.2 Å². The lowest BCUT2D eigenvalue weighted by atomic mass is 10.2. The number of nitrogens with zero attached hydrogens (tertiary/aromatic N) is 1. The Morgan fingerprint density at radius 3 is 2.47 bits per heavy atom. The fraction of sp³-hybridized carbons (Fsp3) is 0.462. The Hall–Kier alpha value is -1.39. The van der Waals surface area contributed by atoms with Gasteiger partial charge in [0.2, 0.25) is 0 Å². The van der Waals surface area contributed by atoms with Crippen LogP contribution in [0.4, 0.5) is 0 Å². The van der Waals surface area contributed by atoms with Gasteiger partial charge in [-0.3, -0.25) is 0 Å². The van der Waals surface area contributed by atoms with Crippen LogP contribution in [0.15, 0.2) is 22.6 Å². The van der Waals surface area contributed by atoms with Crippen molar-refractivity contribution in [2.75, 3.05) is 14.2 Å². The maximum Gasteiger partial charge on any atom is 0.198 e. The van der Waals surface area contributed by atoms with Crippen LogP contribution in [-0.4, -0.2) is 19.2 Å². The second kappa shape index (κ2) is 4.85. The Kier molecular flexibility index (Phi) is 3.45. The van der Waals surface area contributed by atoms with Crippen LogP contribution in [0.5, 0.6) is 0 Å². The summed E-state index contributed by atoms with van der Waals surface area (Å²) in [7, 11) is 3.22. The predicted octanol–water partition coefficient (Wildman–Crippen LogP) is 3.24. The Morgan fingerprint density at radius 2 is 1.88 bits per heavy atom. The van der Waals surface area contributed by atoms with Crippen molar-refractivity contribution in [1.29, 1.82) is 0 Å². The minimum absolute atomic E-state index is 0.284. The van der Waals surface area contributed by atoms with E-state index in [9.17, 15) is 0 Å². The molecule has 0 bridgehead atoms. The Balaban J connectivity index is 2.42. The smallest absolute Gasteiger partial charge is 0.198 e. The highest BCUT2D eigenvalue weighted by Gasteiger charge is 2.13. The molecule has 1 aromatic heterocycles. The highest BCUT2D eigenvalue weighted by molar-refractivity contribution is 5.73. The number of rotatable bonds is 4. The third-order valence-electron chi connectivity index (χ3n) is 2.62. The summed E-state index contributed by atoms with van der Waals surface area (Å²) in [5, 5.41) is 0. The quantitative estimate of drug-likeness (QED) is 0.763. The highest BCUT2D eigenvalue weighted by Crippen LogP contribution is 2.25. The fourth-order valence-corrected chi connectivity index (χ4v) is 1.72. The summed E-state index contributed by atoms with van der Waals surface area (Å²) in [6, 6.07) is 5.76. The number of hydrogen-bond acceptors (Lipinski definition) is 4. The van der Waals surface area contributed by atoms with E-state index in [4.69, 9.17) is 13.9 Å². The maximum absolute atomic E-state index is 5.64. The first-order valence-corrected chi connectivity index (χ1v) is 5.61. The lowest BCUT2D eigenvalue weighted by Crippen LogP contribution is -2.03. The number of benzene rings is 1. The molecule has 0 fully saturated rings. The van der Waals surface area contributed by atoms with E-state index in [1.54, 1.807) is 14.2 Å². The second-order valence-corrected chi connectivity index (χ2v) is 4.24. The van der Waals surface area contributed by atoms with Crippen LogP contribution in [0.2, 0.25) is 0 Å². The zero-order chi connectivity index (χ0) is 12.4. The minimum atomic E-state index is -0.362. The molecule has 0 unspecified atom stereocenters. The van der Waals surface area contributed by atoms with Gasteiger partial charge in [-0.05, 0) is 12.1 Å². The molecule has 1 aromatic carbocycles. The number of fused-ring (bicyclic) bond motifs is 1. The van der Waals surface area contributed by atoms with Crippen molar-refractivity contribution in [1.82, 2.24) is 4.98 Å². The van der Waals surface area contributed by atoms with Gasteiger partial charge < -0.3 is 13.9 Å². The van der Waals surface area contributed by atoms with Crippen molar-refractivity contribution in [2.24, 2.45) is 0 Å². The number of oxazole rings is 1. The van der Waals surface area contributed by atoms with Gasteiger partial charge >= 0.3 is 0 Å². The van der Waals surface area contributed by atoms with Gasteiger partial charge in [0.1, 0.15) is 5.52 Å². The van der Waals surface area contributed by atoms with E-state index >= 15 is 0 Å². The van der Waals surface area contributed by atoms with Gasteiger partial charge in [0.25, 0.3) is 0 Å². The molecule has 0 N–H and O–H groups in total. The summed E-state index contributed by atoms with van der Waals surface area (Å²) in [4.78, 5) is 4.45. The van der Waals surface area contributed by atoms with Gasteiger partial charge in [0.05, 0.1) is 0 Å². The van der Waals surface area contributed by atoms with Crippen LogP contribution in [-0.2, 0) is 9.47 Å². The molecule has 0 saturated heterocycles. The van der Waals surface area contributed by atoms with E-state index < -0.39 is 0 Å². The monoisotopic (exact) mass is 235 g/mol. The van der Waals surface area contributed by atoms with Crippen molar-refractivity contribution in [3.05, 3.63) is 29.7 Å². The average molecular weight is 235 g/mol. The van der Waals surface area contributed by atoms with Gasteiger partial charge in [-0.25, -0.2) is 4.98 Å². The van der Waals surface area contributed by atoms with E-state index in [1.807, 2.05) is 18.2 Å². The van der Waals surface area contributed by atoms with Gasteiger partial charge in [-0.2, -0.15) is 0 Å². The molecule has 4 nitrogen and oxygen atoms in total. The second-order valence-electron chi connectivity index (χ2n) is 4.24. The molecule has 1 heterocycles. The molecule has 2 aromatic rings. The van der Waals surface area contributed by atoms with Crippen LogP contribution in [0, 0.1) is 0 Å². The molecule has 92 valence electrons. The van der Waals surface area contributed by atoms with E-state index in [2.05, 4.69) is 18.8 Å². The summed E-state index contributed by atoms with van der Waals surface area (Å²) < 4.78 is 16.1. The molecular weight excluding hydrogens is 218 g/mol. The third-order valence-corrected chi connectivity index (χ3v) is 2.62. The van der Waals surface area contributed by atoms with Gasteiger partial charge in [-0.1, -0.05) is 19.9 Å². The summed E-state index contributed by atoms with van der Waals surface area (Å²) in [5.41, 5.74) is 2.57. The van der Waals surface area contributed by atoms with E-state index in [0.29, 0.717) is 0 Å². The van der Waals surface area contributed by atoms with Gasteiger partial charge in [0, 0.05) is 25.7 Å². The largest absolute Gasteiger partial charge is 0.440 e. The lowest BCUT2D eigenvalue weighted by molar-refractivity contribution is -0.105. The number of ether oxygens (including phenoxy) is 2. The maximum atomic E-state index is 5.64. The van der Waals surface area contributed by atoms with E-state index in [0.717, 1.165) is 22.6 Å². The van der Waals surface area contributed by atoms with Crippen molar-refractivity contribution < 1.29 is 13.9 Å². The summed E-state index contributed by atoms with van der Waals surface area (Å²) >= 11 is 0. The number of aromatic nitrogens is 1. The molecule has 17 heavy (non-hydrogen) atoms. The molecule has 0 aliphatic rings. The van der Waals surface area contributed by atoms with Crippen molar-refractivity contribution in [3.8, 4) is 0 Å². The Bertz CT molecular complexity index is 500. The lowest BCUT2D eigenvalue weighted by Gasteiger charge is -2.12. The predicted molar refractivity (Wildman–Crippen MR) is 64.9 cm³/mol. The minimum Gasteiger partial charge on any atom is -0.440 e. The van der Waals surface area contributed by atoms with Crippen LogP contribution in [0.3, 0.4) is 0 Å². The first kappa shape index (κ1) is 12.1. The molecule has 0 saturated carbocycles. The molecule has 2 rings (SSSR count). The summed E-state index contributed by atoms with van der Waals surface area (Å²) in [5.74, 6) is 1.04. The normalized spacial score (nSPS) is 11.9. The van der Waals surface area contributed by atoms with Crippen molar-refractivity contribution in [3.63, 3.8) is 0 Å². The summed E-state index contributed by atoms with van der Waals surface area (Å²) in [6.07, 6.45) is -0.362. The highest BCUT2D eigenvalue weighted by atomic mass is 16.7. The first-order chi connectivity index (χ1) is 8.15. The third kappa shape index (κ3) is 2.33. The van der Waals surface area contributed by atoms with Crippen molar-refractivity contribution >= 4 is 11.1 Å². The molecule has 0 aliphatic carbocycles. The Labute approximate surface area is 101 Å². The fourth-order valence-electron chi connectivity index (χ4n) is 1.72. The zero-order valence-corrected chi connectivity index (χ0v) is 10.6. The van der Waals surface area contributed by atoms with Gasteiger partial charge in [0.15, 0.2) is 17.8 Å². The average Bonchev–Trinajstić information content (AvgIpc) is 2.74. The molecule has 0 atom stereocenters. The SMILES string of the molecule is COC(OC)c1ccc2oc(C(C)C)nc2c1. The number of methoxy groups -OCH3 is 2. The van der Waals surface area contributed by atoms with Crippen LogP contribution in [0.25, 0.3) is 11.1 Å². The molecule has 0 spiro atoms. The molecule has 0 radical (unpaired) electrons. The van der Waals surface area contributed by atoms with Gasteiger partial charge in [-0.15, -0.1) is 0 Å². The topological polar surface area (TPSA) is 44.5 Å². The molecule has 0 amide bonds. The number of hydrogen-bond donors (Lipinski definition) is 0. The molecule has 4 heteroatoms. The summed E-state index contributed by atoms with van der Waals surface area (Å²) in [6.45, 7) is 4.11. The Morgan fingerprint density at radius 1 is 1.18 bits per heavy atom. The zero-order valence-electron chi connectivity index (χ0n) is 10.6. The molecule has 0 aliphatic heterocycles. The van der Waals surface area contributed by atoms with Crippen LogP contribution in [0.1, 0.15) is 37.5 Å². The van der Waals surface area contributed by atoms with E-state index in [1.165, 1.54) is 0 Å².